The third-order valence-electron chi connectivity index (χ3n) is 1.57. The first-order valence-electron chi connectivity index (χ1n) is 4.55. The lowest BCUT2D eigenvalue weighted by atomic mass is 10.1. The highest BCUT2D eigenvalue weighted by Crippen LogP contribution is 2.27. The number of nitrogens with one attached hydrogen (secondary N) is 1. The molecule has 7 heteroatoms. The largest absolute Gasteiger partial charge is 0.435 e. The average Bonchev–Trinajstić information content (AvgIpc) is 2.46. The van der Waals surface area contributed by atoms with Crippen molar-refractivity contribution >= 4 is 6.03 Å². The van der Waals surface area contributed by atoms with E-state index in [2.05, 4.69) is 10.4 Å². The molecule has 0 radical (unpaired) electrons. The van der Waals surface area contributed by atoms with E-state index in [1.54, 1.807) is 20.8 Å². The Morgan fingerprint density at radius 2 is 1.94 bits per heavy atom. The molecule has 0 fully saturated rings. The minimum atomic E-state index is -4.53. The van der Waals surface area contributed by atoms with Crippen LogP contribution >= 0.6 is 0 Å². The van der Waals surface area contributed by atoms with Gasteiger partial charge in [0.15, 0.2) is 5.69 Å². The molecule has 0 unspecified atom stereocenters. The molecule has 0 aliphatic heterocycles. The highest BCUT2D eigenvalue weighted by Gasteiger charge is 2.34. The van der Waals surface area contributed by atoms with Crippen molar-refractivity contribution < 1.29 is 18.0 Å². The number of hydrogen-bond donors (Lipinski definition) is 1. The molecule has 0 aromatic carbocycles. The van der Waals surface area contributed by atoms with Crippen molar-refractivity contribution in [2.24, 2.45) is 0 Å². The Morgan fingerprint density at radius 3 is 2.31 bits per heavy atom. The topological polar surface area (TPSA) is 46.9 Å². The molecule has 1 aromatic heterocycles. The third kappa shape index (κ3) is 3.25. The SMILES string of the molecule is CC(C)(C)NC(=O)n1ccc(C(F)(F)F)n1. The Balaban J connectivity index is 2.83. The number of carbonyl (C=O) groups excluding carboxylic acids is 1. The van der Waals surface area contributed by atoms with Crippen molar-refractivity contribution in [3.63, 3.8) is 0 Å². The number of halogens is 3. The molecule has 0 spiro atoms. The molecule has 1 aromatic rings. The van der Waals surface area contributed by atoms with Gasteiger partial charge in [0.2, 0.25) is 0 Å². The summed E-state index contributed by atoms with van der Waals surface area (Å²) in [5, 5.41) is 5.64. The van der Waals surface area contributed by atoms with E-state index in [9.17, 15) is 18.0 Å². The van der Waals surface area contributed by atoms with Gasteiger partial charge in [0.25, 0.3) is 0 Å². The van der Waals surface area contributed by atoms with Gasteiger partial charge in [-0.2, -0.15) is 23.0 Å². The minimum absolute atomic E-state index is 0.526. The summed E-state index contributed by atoms with van der Waals surface area (Å²) in [6.07, 6.45) is -3.56. The smallest absolute Gasteiger partial charge is 0.332 e. The van der Waals surface area contributed by atoms with Crippen molar-refractivity contribution in [2.75, 3.05) is 0 Å². The number of amides is 1. The van der Waals surface area contributed by atoms with Gasteiger partial charge in [-0.15, -0.1) is 0 Å². The second-order valence-corrected chi connectivity index (χ2v) is 4.32. The van der Waals surface area contributed by atoms with Gasteiger partial charge in [0, 0.05) is 11.7 Å². The van der Waals surface area contributed by atoms with Crippen LogP contribution in [-0.4, -0.2) is 21.4 Å². The highest BCUT2D eigenvalue weighted by molar-refractivity contribution is 5.76. The van der Waals surface area contributed by atoms with Crippen LogP contribution in [0.1, 0.15) is 26.5 Å². The van der Waals surface area contributed by atoms with Crippen molar-refractivity contribution in [2.45, 2.75) is 32.5 Å². The molecule has 0 saturated carbocycles. The number of nitrogens with zero attached hydrogens (tertiary/aromatic N) is 2. The second-order valence-electron chi connectivity index (χ2n) is 4.32. The number of rotatable bonds is 0. The molecule has 0 saturated heterocycles. The van der Waals surface area contributed by atoms with Crippen LogP contribution in [0.25, 0.3) is 0 Å². The molecule has 1 N–H and O–H groups in total. The van der Waals surface area contributed by atoms with E-state index < -0.39 is 23.4 Å². The standard InChI is InChI=1S/C9H12F3N3O/c1-8(2,3)13-7(16)15-5-4-6(14-15)9(10,11)12/h4-5H,1-3H3,(H,13,16). The molecule has 1 rings (SSSR count). The maximum Gasteiger partial charge on any atom is 0.435 e. The predicted molar refractivity (Wildman–Crippen MR) is 50.9 cm³/mol. The lowest BCUT2D eigenvalue weighted by molar-refractivity contribution is -0.141. The van der Waals surface area contributed by atoms with Crippen LogP contribution in [0, 0.1) is 0 Å². The molecule has 1 amide bonds. The maximum atomic E-state index is 12.2. The third-order valence-corrected chi connectivity index (χ3v) is 1.57. The summed E-state index contributed by atoms with van der Waals surface area (Å²) in [4.78, 5) is 11.4. The molecule has 16 heavy (non-hydrogen) atoms. The van der Waals surface area contributed by atoms with Crippen molar-refractivity contribution in [1.29, 1.82) is 0 Å². The van der Waals surface area contributed by atoms with E-state index >= 15 is 0 Å². The van der Waals surface area contributed by atoms with Crippen LogP contribution in [0.15, 0.2) is 12.3 Å². The Bertz CT molecular complexity index is 389. The van der Waals surface area contributed by atoms with Crippen LogP contribution in [0.3, 0.4) is 0 Å². The van der Waals surface area contributed by atoms with Gasteiger partial charge in [-0.05, 0) is 26.8 Å². The molecule has 0 aliphatic carbocycles. The zero-order valence-corrected chi connectivity index (χ0v) is 9.09. The summed E-state index contributed by atoms with van der Waals surface area (Å²) in [7, 11) is 0. The zero-order valence-electron chi connectivity index (χ0n) is 9.09. The summed E-state index contributed by atoms with van der Waals surface area (Å²) < 4.78 is 37.2. The Hall–Kier alpha value is -1.53. The average molecular weight is 235 g/mol. The molecule has 0 atom stereocenters. The normalized spacial score (nSPS) is 12.6. The quantitative estimate of drug-likeness (QED) is 0.749. The molecule has 0 aliphatic rings. The first kappa shape index (κ1) is 12.5. The number of hydrogen-bond acceptors (Lipinski definition) is 2. The van der Waals surface area contributed by atoms with Crippen LogP contribution < -0.4 is 5.32 Å². The maximum absolute atomic E-state index is 12.2. The van der Waals surface area contributed by atoms with Crippen LogP contribution in [0.5, 0.6) is 0 Å². The lowest BCUT2D eigenvalue weighted by Crippen LogP contribution is -2.43. The molecule has 4 nitrogen and oxygen atoms in total. The zero-order chi connectivity index (χ0) is 12.6. The highest BCUT2D eigenvalue weighted by atomic mass is 19.4. The first-order chi connectivity index (χ1) is 7.09. The Labute approximate surface area is 90.4 Å². The lowest BCUT2D eigenvalue weighted by Gasteiger charge is -2.19. The number of carbonyl (C=O) groups is 1. The second kappa shape index (κ2) is 3.80. The summed E-state index contributed by atoms with van der Waals surface area (Å²) >= 11 is 0. The molecule has 1 heterocycles. The van der Waals surface area contributed by atoms with Crippen molar-refractivity contribution in [3.05, 3.63) is 18.0 Å². The summed E-state index contributed by atoms with van der Waals surface area (Å²) in [5.74, 6) is 0. The van der Waals surface area contributed by atoms with E-state index in [0.717, 1.165) is 12.3 Å². The summed E-state index contributed by atoms with van der Waals surface area (Å²) in [6.45, 7) is 5.16. The fourth-order valence-electron chi connectivity index (χ4n) is 0.966. The van der Waals surface area contributed by atoms with E-state index in [0.29, 0.717) is 4.68 Å². The van der Waals surface area contributed by atoms with Gasteiger partial charge in [0.05, 0.1) is 0 Å². The van der Waals surface area contributed by atoms with Gasteiger partial charge in [-0.1, -0.05) is 0 Å². The van der Waals surface area contributed by atoms with Gasteiger partial charge < -0.3 is 5.32 Å². The number of aromatic nitrogens is 2. The van der Waals surface area contributed by atoms with Gasteiger partial charge >= 0.3 is 12.2 Å². The molecular weight excluding hydrogens is 223 g/mol. The van der Waals surface area contributed by atoms with Crippen LogP contribution in [0.4, 0.5) is 18.0 Å². The fraction of sp³-hybridized carbons (Fsp3) is 0.556. The van der Waals surface area contributed by atoms with Crippen LogP contribution in [-0.2, 0) is 6.18 Å². The molecule has 90 valence electrons. The van der Waals surface area contributed by atoms with Crippen molar-refractivity contribution in [1.82, 2.24) is 15.1 Å². The van der Waals surface area contributed by atoms with Crippen molar-refractivity contribution in [3.8, 4) is 0 Å². The van der Waals surface area contributed by atoms with Gasteiger partial charge in [-0.3, -0.25) is 0 Å². The van der Waals surface area contributed by atoms with E-state index in [1.807, 2.05) is 0 Å². The summed E-state index contributed by atoms with van der Waals surface area (Å²) in [6, 6.07) is 0.0606. The first-order valence-corrected chi connectivity index (χ1v) is 4.55. The monoisotopic (exact) mass is 235 g/mol. The van der Waals surface area contributed by atoms with E-state index in [-0.39, 0.29) is 0 Å². The van der Waals surface area contributed by atoms with E-state index in [4.69, 9.17) is 0 Å². The Kier molecular flexibility index (Phi) is 2.98. The van der Waals surface area contributed by atoms with Gasteiger partial charge in [0.1, 0.15) is 0 Å². The minimum Gasteiger partial charge on any atom is -0.332 e. The van der Waals surface area contributed by atoms with Crippen LogP contribution in [0.2, 0.25) is 0 Å². The molecule has 0 bridgehead atoms. The summed E-state index contributed by atoms with van der Waals surface area (Å²) in [5.41, 5.74) is -1.61. The Morgan fingerprint density at radius 1 is 1.38 bits per heavy atom. The molecular formula is C9H12F3N3O. The number of alkyl halides is 3. The predicted octanol–water partition coefficient (Wildman–Crippen LogP) is 2.26. The van der Waals surface area contributed by atoms with Gasteiger partial charge in [-0.25, -0.2) is 4.79 Å². The fourth-order valence-corrected chi connectivity index (χ4v) is 0.966. The van der Waals surface area contributed by atoms with E-state index in [1.165, 1.54) is 0 Å².